The molecule has 0 bridgehead atoms. The van der Waals surface area contributed by atoms with Crippen molar-refractivity contribution >= 4 is 17.7 Å². The van der Waals surface area contributed by atoms with Crippen LogP contribution in [-0.4, -0.2) is 29.1 Å². The van der Waals surface area contributed by atoms with Crippen molar-refractivity contribution in [2.75, 3.05) is 13.1 Å². The summed E-state index contributed by atoms with van der Waals surface area (Å²) >= 11 is 1.60. The smallest absolute Gasteiger partial charge is 0.233 e. The molecule has 1 aliphatic heterocycles. The van der Waals surface area contributed by atoms with Crippen LogP contribution in [0.2, 0.25) is 0 Å². The van der Waals surface area contributed by atoms with E-state index in [4.69, 9.17) is 0 Å². The summed E-state index contributed by atoms with van der Waals surface area (Å²) in [5.74, 6) is 0.0815. The van der Waals surface area contributed by atoms with Crippen molar-refractivity contribution in [3.63, 3.8) is 0 Å². The van der Waals surface area contributed by atoms with E-state index in [-0.39, 0.29) is 11.2 Å². The van der Waals surface area contributed by atoms with Gasteiger partial charge in [0.25, 0.3) is 0 Å². The number of likely N-dealkylation sites (tertiary alicyclic amines) is 1. The summed E-state index contributed by atoms with van der Waals surface area (Å²) in [6, 6.07) is 17.0. The molecule has 0 radical (unpaired) electrons. The van der Waals surface area contributed by atoms with Crippen LogP contribution in [0.1, 0.15) is 42.9 Å². The maximum absolute atomic E-state index is 12.4. The number of aryl methyl sites for hydroxylation is 1. The van der Waals surface area contributed by atoms with Gasteiger partial charge in [0.15, 0.2) is 0 Å². The predicted octanol–water partition coefficient (Wildman–Crippen LogP) is 4.78. The molecular weight excluding hydrogens is 352 g/mol. The van der Waals surface area contributed by atoms with E-state index < -0.39 is 0 Å². The summed E-state index contributed by atoms with van der Waals surface area (Å²) < 4.78 is 0. The zero-order valence-corrected chi connectivity index (χ0v) is 17.2. The first-order chi connectivity index (χ1) is 13.1. The van der Waals surface area contributed by atoms with Crippen molar-refractivity contribution in [1.82, 2.24) is 10.2 Å². The molecule has 0 aromatic heterocycles. The zero-order chi connectivity index (χ0) is 19.1. The van der Waals surface area contributed by atoms with Gasteiger partial charge in [-0.3, -0.25) is 9.69 Å². The number of amides is 1. The van der Waals surface area contributed by atoms with E-state index in [0.717, 1.165) is 17.0 Å². The van der Waals surface area contributed by atoms with Gasteiger partial charge in [0, 0.05) is 18.0 Å². The lowest BCUT2D eigenvalue weighted by Gasteiger charge is -2.26. The molecular formula is C23H30N2OS. The summed E-state index contributed by atoms with van der Waals surface area (Å²) in [7, 11) is 0. The average Bonchev–Trinajstić information content (AvgIpc) is 2.69. The molecule has 3 nitrogen and oxygen atoms in total. The summed E-state index contributed by atoms with van der Waals surface area (Å²) in [5, 5.41) is 2.96. The molecule has 3 rings (SSSR count). The Kier molecular flexibility index (Phi) is 7.36. The van der Waals surface area contributed by atoms with Crippen LogP contribution in [0, 0.1) is 6.92 Å². The number of hydrogen-bond donors (Lipinski definition) is 1. The fourth-order valence-corrected chi connectivity index (χ4v) is 4.24. The number of nitrogens with zero attached hydrogens (tertiary/aromatic N) is 1. The van der Waals surface area contributed by atoms with Gasteiger partial charge < -0.3 is 5.32 Å². The molecule has 0 saturated carbocycles. The van der Waals surface area contributed by atoms with Crippen LogP contribution < -0.4 is 5.32 Å². The van der Waals surface area contributed by atoms with Gasteiger partial charge in [-0.25, -0.2) is 0 Å². The Labute approximate surface area is 167 Å². The van der Waals surface area contributed by atoms with E-state index in [0.29, 0.717) is 6.54 Å². The van der Waals surface area contributed by atoms with Crippen molar-refractivity contribution < 1.29 is 4.79 Å². The van der Waals surface area contributed by atoms with Gasteiger partial charge in [0.1, 0.15) is 0 Å². The number of carbonyl (C=O) groups excluding carboxylic acids is 1. The Balaban J connectivity index is 1.44. The lowest BCUT2D eigenvalue weighted by atomic mass is 10.1. The fourth-order valence-electron chi connectivity index (χ4n) is 3.35. The van der Waals surface area contributed by atoms with Gasteiger partial charge in [-0.05, 0) is 63.0 Å². The number of benzene rings is 2. The Hall–Kier alpha value is -1.78. The first-order valence-corrected chi connectivity index (χ1v) is 10.8. The molecule has 1 amide bonds. The number of hydrogen-bond acceptors (Lipinski definition) is 3. The SMILES string of the molecule is Cc1ccc(SC(C)C(=O)NCc2ccc(CN3CCCCC3)cc2)cc1. The minimum absolute atomic E-state index is 0.0815. The maximum atomic E-state index is 12.4. The molecule has 1 atom stereocenters. The number of carbonyl (C=O) groups is 1. The van der Waals surface area contributed by atoms with Crippen molar-refractivity contribution in [3.05, 3.63) is 65.2 Å². The molecule has 1 fully saturated rings. The van der Waals surface area contributed by atoms with Crippen molar-refractivity contribution in [2.45, 2.75) is 56.3 Å². The number of rotatable bonds is 7. The molecule has 2 aromatic carbocycles. The van der Waals surface area contributed by atoms with Crippen LogP contribution in [0.4, 0.5) is 0 Å². The molecule has 0 aliphatic carbocycles. The summed E-state index contributed by atoms with van der Waals surface area (Å²) in [6.45, 7) is 8.09. The lowest BCUT2D eigenvalue weighted by molar-refractivity contribution is -0.120. The topological polar surface area (TPSA) is 32.3 Å². The molecule has 27 heavy (non-hydrogen) atoms. The Morgan fingerprint density at radius 3 is 2.30 bits per heavy atom. The highest BCUT2D eigenvalue weighted by Gasteiger charge is 2.14. The second kappa shape index (κ2) is 9.95. The number of nitrogens with one attached hydrogen (secondary N) is 1. The molecule has 1 N–H and O–H groups in total. The summed E-state index contributed by atoms with van der Waals surface area (Å²) in [4.78, 5) is 16.0. The second-order valence-corrected chi connectivity index (χ2v) is 8.86. The van der Waals surface area contributed by atoms with E-state index in [9.17, 15) is 4.79 Å². The van der Waals surface area contributed by atoms with Crippen molar-refractivity contribution in [3.8, 4) is 0 Å². The van der Waals surface area contributed by atoms with Gasteiger partial charge in [0.05, 0.1) is 5.25 Å². The van der Waals surface area contributed by atoms with Crippen molar-refractivity contribution in [1.29, 1.82) is 0 Å². The first kappa shape index (κ1) is 20.0. The highest BCUT2D eigenvalue weighted by Crippen LogP contribution is 2.23. The van der Waals surface area contributed by atoms with Crippen LogP contribution in [0.25, 0.3) is 0 Å². The average molecular weight is 383 g/mol. The van der Waals surface area contributed by atoms with Gasteiger partial charge in [0.2, 0.25) is 5.91 Å². The van der Waals surface area contributed by atoms with E-state index >= 15 is 0 Å². The van der Waals surface area contributed by atoms with Crippen LogP contribution >= 0.6 is 11.8 Å². The van der Waals surface area contributed by atoms with Crippen LogP contribution in [0.5, 0.6) is 0 Å². The minimum Gasteiger partial charge on any atom is -0.351 e. The van der Waals surface area contributed by atoms with Crippen LogP contribution in [0.15, 0.2) is 53.4 Å². The van der Waals surface area contributed by atoms with Crippen molar-refractivity contribution in [2.24, 2.45) is 0 Å². The molecule has 1 saturated heterocycles. The molecule has 144 valence electrons. The summed E-state index contributed by atoms with van der Waals surface area (Å²) in [5.41, 5.74) is 3.74. The maximum Gasteiger partial charge on any atom is 0.233 e. The highest BCUT2D eigenvalue weighted by molar-refractivity contribution is 8.00. The van der Waals surface area contributed by atoms with Gasteiger partial charge in [-0.1, -0.05) is 48.4 Å². The largest absolute Gasteiger partial charge is 0.351 e. The third-order valence-corrected chi connectivity index (χ3v) is 6.16. The normalized spacial score (nSPS) is 16.1. The van der Waals surface area contributed by atoms with Crippen LogP contribution in [0.3, 0.4) is 0 Å². The monoisotopic (exact) mass is 382 g/mol. The Morgan fingerprint density at radius 2 is 1.63 bits per heavy atom. The molecule has 1 unspecified atom stereocenters. The molecule has 4 heteroatoms. The van der Waals surface area contributed by atoms with Gasteiger partial charge >= 0.3 is 0 Å². The highest BCUT2D eigenvalue weighted by atomic mass is 32.2. The Morgan fingerprint density at radius 1 is 1.00 bits per heavy atom. The summed E-state index contributed by atoms with van der Waals surface area (Å²) in [6.07, 6.45) is 4.02. The zero-order valence-electron chi connectivity index (χ0n) is 16.4. The fraction of sp³-hybridized carbons (Fsp3) is 0.435. The van der Waals surface area contributed by atoms with E-state index in [1.165, 1.54) is 43.5 Å². The lowest BCUT2D eigenvalue weighted by Crippen LogP contribution is -2.30. The molecule has 1 heterocycles. The number of piperidine rings is 1. The third-order valence-electron chi connectivity index (χ3n) is 5.05. The Bertz CT molecular complexity index is 721. The van der Waals surface area contributed by atoms with Gasteiger partial charge in [-0.2, -0.15) is 0 Å². The number of thioether (sulfide) groups is 1. The second-order valence-electron chi connectivity index (χ2n) is 7.44. The van der Waals surface area contributed by atoms with E-state index in [2.05, 4.69) is 65.7 Å². The quantitative estimate of drug-likeness (QED) is 0.700. The first-order valence-electron chi connectivity index (χ1n) is 9.91. The van der Waals surface area contributed by atoms with Gasteiger partial charge in [-0.15, -0.1) is 11.8 Å². The minimum atomic E-state index is -0.105. The third kappa shape index (κ3) is 6.40. The molecule has 0 spiro atoms. The van der Waals surface area contributed by atoms with Crippen LogP contribution in [-0.2, 0) is 17.9 Å². The van der Waals surface area contributed by atoms with E-state index in [1.54, 1.807) is 11.8 Å². The van der Waals surface area contributed by atoms with E-state index in [1.807, 2.05) is 6.92 Å². The standard InChI is InChI=1S/C23H30N2OS/c1-18-6-12-22(13-7-18)27-19(2)23(26)24-16-20-8-10-21(11-9-20)17-25-14-4-3-5-15-25/h6-13,19H,3-5,14-17H2,1-2H3,(H,24,26). The molecule has 2 aromatic rings. The predicted molar refractivity (Wildman–Crippen MR) is 114 cm³/mol. The molecule has 1 aliphatic rings.